The molecule has 0 bridgehead atoms. The van der Waals surface area contributed by atoms with E-state index in [2.05, 4.69) is 0 Å². The second-order valence-corrected chi connectivity index (χ2v) is 4.57. The van der Waals surface area contributed by atoms with Crippen LogP contribution in [-0.2, 0) is 4.79 Å². The molecule has 1 nitrogen and oxygen atoms in total. The first kappa shape index (κ1) is 13.4. The fraction of sp³-hybridized carbons (Fsp3) is 0.300. The van der Waals surface area contributed by atoms with Crippen molar-refractivity contribution in [1.82, 2.24) is 0 Å². The van der Waals surface area contributed by atoms with Crippen molar-refractivity contribution in [2.24, 2.45) is 0 Å². The highest BCUT2D eigenvalue weighted by Crippen LogP contribution is 2.33. The van der Waals surface area contributed by atoms with Gasteiger partial charge in [-0.25, -0.2) is 0 Å². The molecule has 0 aromatic heterocycles. The molecule has 1 atom stereocenters. The molecule has 88 valence electrons. The quantitative estimate of drug-likeness (QED) is 0.771. The normalized spacial score (nSPS) is 13.5. The minimum atomic E-state index is -4.31. The molecule has 0 N–H and O–H groups in total. The molecule has 0 fully saturated rings. The Hall–Kier alpha value is -0.680. The number of benzene rings is 1. The maximum Gasteiger partial charge on any atom is 0.441 e. The van der Waals surface area contributed by atoms with Crippen LogP contribution in [-0.4, -0.2) is 17.5 Å². The van der Waals surface area contributed by atoms with Gasteiger partial charge in [-0.2, -0.15) is 13.2 Å². The van der Waals surface area contributed by atoms with Gasteiger partial charge in [-0.1, -0.05) is 23.7 Å². The summed E-state index contributed by atoms with van der Waals surface area (Å²) < 4.78 is 35.9. The number of rotatable bonds is 4. The van der Waals surface area contributed by atoms with E-state index >= 15 is 0 Å². The van der Waals surface area contributed by atoms with Crippen molar-refractivity contribution in [3.63, 3.8) is 0 Å². The summed E-state index contributed by atoms with van der Waals surface area (Å²) in [6, 6.07) is 6.20. The zero-order valence-electron chi connectivity index (χ0n) is 8.00. The summed E-state index contributed by atoms with van der Waals surface area (Å²) in [6.45, 7) is 0. The zero-order valence-corrected chi connectivity index (χ0v) is 9.57. The molecule has 0 saturated carbocycles. The molecule has 0 amide bonds. The Morgan fingerprint density at radius 2 is 1.88 bits per heavy atom. The summed E-state index contributed by atoms with van der Waals surface area (Å²) in [6.07, 6.45) is 0.516. The molecule has 1 aromatic rings. The van der Waals surface area contributed by atoms with Crippen LogP contribution in [0.5, 0.6) is 0 Å². The van der Waals surface area contributed by atoms with E-state index in [9.17, 15) is 18.0 Å². The summed E-state index contributed by atoms with van der Waals surface area (Å²) in [5.41, 5.74) is -3.77. The van der Waals surface area contributed by atoms with Crippen LogP contribution >= 0.6 is 23.4 Å². The lowest BCUT2D eigenvalue weighted by molar-refractivity contribution is -0.108. The Bertz CT molecular complexity index is 350. The van der Waals surface area contributed by atoms with Crippen LogP contribution in [0.1, 0.15) is 11.5 Å². The van der Waals surface area contributed by atoms with E-state index in [1.807, 2.05) is 0 Å². The standard InChI is InChI=1S/C10H8ClF3OS/c11-9-3-1-7(2-4-9)8(5-15)6-16-10(12,13)14/h1-5,8H,6H2. The van der Waals surface area contributed by atoms with Gasteiger partial charge in [0.15, 0.2) is 0 Å². The first-order chi connectivity index (χ1) is 7.42. The van der Waals surface area contributed by atoms with Crippen molar-refractivity contribution in [1.29, 1.82) is 0 Å². The van der Waals surface area contributed by atoms with Crippen molar-refractivity contribution in [3.05, 3.63) is 34.9 Å². The summed E-state index contributed by atoms with van der Waals surface area (Å²) in [5.74, 6) is -1.07. The van der Waals surface area contributed by atoms with Gasteiger partial charge < -0.3 is 4.79 Å². The average Bonchev–Trinajstić information content (AvgIpc) is 2.20. The third kappa shape index (κ3) is 4.45. The van der Waals surface area contributed by atoms with Crippen LogP contribution in [0.3, 0.4) is 0 Å². The van der Waals surface area contributed by atoms with Crippen molar-refractivity contribution >= 4 is 29.6 Å². The summed E-state index contributed by atoms with van der Waals surface area (Å²) >= 11 is 5.44. The van der Waals surface area contributed by atoms with Crippen LogP contribution in [0, 0.1) is 0 Å². The van der Waals surface area contributed by atoms with Crippen LogP contribution in [0.2, 0.25) is 5.02 Å². The topological polar surface area (TPSA) is 17.1 Å². The van der Waals surface area contributed by atoms with Crippen molar-refractivity contribution < 1.29 is 18.0 Å². The molecule has 0 aliphatic carbocycles. The molecule has 0 heterocycles. The second kappa shape index (κ2) is 5.59. The van der Waals surface area contributed by atoms with Crippen molar-refractivity contribution in [2.45, 2.75) is 11.4 Å². The minimum Gasteiger partial charge on any atom is -0.303 e. The number of alkyl halides is 3. The number of halogens is 4. The largest absolute Gasteiger partial charge is 0.441 e. The van der Waals surface area contributed by atoms with Gasteiger partial charge in [-0.3, -0.25) is 0 Å². The molecule has 0 aliphatic rings. The Kier molecular flexibility index (Phi) is 4.68. The Morgan fingerprint density at radius 3 is 2.31 bits per heavy atom. The molecule has 1 aromatic carbocycles. The number of hydrogen-bond acceptors (Lipinski definition) is 2. The lowest BCUT2D eigenvalue weighted by Gasteiger charge is -2.11. The van der Waals surface area contributed by atoms with E-state index in [0.717, 1.165) is 0 Å². The van der Waals surface area contributed by atoms with Gasteiger partial charge in [0.05, 0.1) is 0 Å². The lowest BCUT2D eigenvalue weighted by atomic mass is 10.0. The Balaban J connectivity index is 2.68. The number of carbonyl (C=O) groups is 1. The van der Waals surface area contributed by atoms with Crippen molar-refractivity contribution in [3.8, 4) is 0 Å². The summed E-state index contributed by atoms with van der Waals surface area (Å²) in [4.78, 5) is 10.7. The van der Waals surface area contributed by atoms with Gasteiger partial charge in [0.25, 0.3) is 0 Å². The van der Waals surface area contributed by atoms with E-state index in [4.69, 9.17) is 11.6 Å². The van der Waals surface area contributed by atoms with Gasteiger partial charge in [0.1, 0.15) is 6.29 Å². The van der Waals surface area contributed by atoms with E-state index in [0.29, 0.717) is 16.9 Å². The van der Waals surface area contributed by atoms with Crippen LogP contribution in [0.15, 0.2) is 24.3 Å². The van der Waals surface area contributed by atoms with Gasteiger partial charge in [-0.05, 0) is 29.5 Å². The number of aldehydes is 1. The Morgan fingerprint density at radius 1 is 1.31 bits per heavy atom. The van der Waals surface area contributed by atoms with Gasteiger partial charge >= 0.3 is 5.51 Å². The highest BCUT2D eigenvalue weighted by Gasteiger charge is 2.29. The number of hydrogen-bond donors (Lipinski definition) is 0. The van der Waals surface area contributed by atoms with E-state index in [-0.39, 0.29) is 17.5 Å². The predicted molar refractivity (Wildman–Crippen MR) is 58.8 cm³/mol. The third-order valence-corrected chi connectivity index (χ3v) is 2.99. The first-order valence-electron chi connectivity index (χ1n) is 4.34. The fourth-order valence-electron chi connectivity index (χ4n) is 1.11. The van der Waals surface area contributed by atoms with Gasteiger partial charge in [-0.15, -0.1) is 0 Å². The maximum atomic E-state index is 12.0. The highest BCUT2D eigenvalue weighted by atomic mass is 35.5. The van der Waals surface area contributed by atoms with Gasteiger partial charge in [0, 0.05) is 16.7 Å². The fourth-order valence-corrected chi connectivity index (χ4v) is 1.87. The highest BCUT2D eigenvalue weighted by molar-refractivity contribution is 8.00. The molecule has 16 heavy (non-hydrogen) atoms. The molecular formula is C10H8ClF3OS. The monoisotopic (exact) mass is 268 g/mol. The first-order valence-corrected chi connectivity index (χ1v) is 5.70. The Labute approximate surface area is 100.0 Å². The van der Waals surface area contributed by atoms with Crippen molar-refractivity contribution in [2.75, 3.05) is 5.75 Å². The van der Waals surface area contributed by atoms with Crippen LogP contribution in [0.4, 0.5) is 13.2 Å². The zero-order chi connectivity index (χ0) is 12.2. The SMILES string of the molecule is O=CC(CSC(F)(F)F)c1ccc(Cl)cc1. The molecular weight excluding hydrogens is 261 g/mol. The third-order valence-electron chi connectivity index (χ3n) is 1.89. The molecule has 1 unspecified atom stereocenters. The lowest BCUT2D eigenvalue weighted by Crippen LogP contribution is -2.09. The molecule has 0 spiro atoms. The molecule has 0 aliphatic heterocycles. The average molecular weight is 269 g/mol. The predicted octanol–water partition coefficient (Wildman–Crippen LogP) is 3.88. The van der Waals surface area contributed by atoms with Gasteiger partial charge in [0.2, 0.25) is 0 Å². The van der Waals surface area contributed by atoms with Crippen LogP contribution < -0.4 is 0 Å². The van der Waals surface area contributed by atoms with E-state index in [1.165, 1.54) is 0 Å². The molecule has 6 heteroatoms. The summed E-state index contributed by atoms with van der Waals surface area (Å²) in [7, 11) is 0. The summed E-state index contributed by atoms with van der Waals surface area (Å²) in [5, 5.41) is 0.483. The number of thioether (sulfide) groups is 1. The molecule has 0 radical (unpaired) electrons. The maximum absolute atomic E-state index is 12.0. The molecule has 0 saturated heterocycles. The van der Waals surface area contributed by atoms with E-state index < -0.39 is 11.4 Å². The smallest absolute Gasteiger partial charge is 0.303 e. The second-order valence-electron chi connectivity index (χ2n) is 3.05. The minimum absolute atomic E-state index is 0.199. The number of carbonyl (C=O) groups excluding carboxylic acids is 1. The van der Waals surface area contributed by atoms with E-state index in [1.54, 1.807) is 24.3 Å². The molecule has 1 rings (SSSR count). The van der Waals surface area contributed by atoms with Crippen LogP contribution in [0.25, 0.3) is 0 Å².